The number of methoxy groups -OCH3 is 1. The van der Waals surface area contributed by atoms with Crippen molar-refractivity contribution in [3.63, 3.8) is 0 Å². The molecule has 1 aliphatic rings. The molecule has 116 valence electrons. The Balaban J connectivity index is 0.00000220. The van der Waals surface area contributed by atoms with Crippen LogP contribution in [-0.2, 0) is 14.0 Å². The van der Waals surface area contributed by atoms with E-state index in [2.05, 4.69) is 0 Å². The monoisotopic (exact) mass is 313 g/mol. The van der Waals surface area contributed by atoms with Gasteiger partial charge in [-0.05, 0) is 51.4 Å². The lowest BCUT2D eigenvalue weighted by atomic mass is 9.78. The molecule has 1 heterocycles. The molecule has 21 heavy (non-hydrogen) atoms. The van der Waals surface area contributed by atoms with E-state index in [1.807, 2.05) is 27.7 Å². The van der Waals surface area contributed by atoms with Crippen LogP contribution in [0.1, 0.15) is 38.1 Å². The van der Waals surface area contributed by atoms with Gasteiger partial charge in [-0.2, -0.15) is 0 Å². The molecule has 0 bridgehead atoms. The Hall–Kier alpha value is -1.24. The van der Waals surface area contributed by atoms with Gasteiger partial charge in [0.2, 0.25) is 0 Å². The molecule has 0 saturated carbocycles. The molecule has 1 saturated heterocycles. The normalized spacial score (nSPS) is 19.0. The summed E-state index contributed by atoms with van der Waals surface area (Å²) in [6, 6.07) is 5.00. The Labute approximate surface area is 131 Å². The van der Waals surface area contributed by atoms with Crippen LogP contribution >= 0.6 is 12.4 Å². The lowest BCUT2D eigenvalue weighted by Gasteiger charge is -2.32. The number of esters is 1. The number of hydrogen-bond acceptors (Lipinski definition) is 5. The summed E-state index contributed by atoms with van der Waals surface area (Å²) >= 11 is 0. The number of carbonyl (C=O) groups excluding carboxylic acids is 1. The summed E-state index contributed by atoms with van der Waals surface area (Å²) in [6.07, 6.45) is 0. The van der Waals surface area contributed by atoms with Crippen LogP contribution in [-0.4, -0.2) is 31.4 Å². The molecule has 0 amide bonds. The van der Waals surface area contributed by atoms with Crippen molar-refractivity contribution >= 4 is 36.6 Å². The van der Waals surface area contributed by atoms with Gasteiger partial charge in [0, 0.05) is 5.69 Å². The van der Waals surface area contributed by atoms with Gasteiger partial charge in [0.05, 0.1) is 23.9 Å². The Morgan fingerprint density at radius 3 is 2.14 bits per heavy atom. The summed E-state index contributed by atoms with van der Waals surface area (Å²) in [5, 5.41) is 0. The van der Waals surface area contributed by atoms with Crippen molar-refractivity contribution in [3.05, 3.63) is 23.8 Å². The van der Waals surface area contributed by atoms with Crippen LogP contribution < -0.4 is 11.2 Å². The van der Waals surface area contributed by atoms with Gasteiger partial charge in [0.1, 0.15) is 0 Å². The maximum absolute atomic E-state index is 11.6. The zero-order valence-corrected chi connectivity index (χ0v) is 13.7. The van der Waals surface area contributed by atoms with E-state index >= 15 is 0 Å². The fourth-order valence-electron chi connectivity index (χ4n) is 2.03. The first kappa shape index (κ1) is 17.8. The molecule has 5 nitrogen and oxygen atoms in total. The molecule has 7 heteroatoms. The van der Waals surface area contributed by atoms with Crippen LogP contribution in [0.2, 0.25) is 0 Å². The molecular weight excluding hydrogens is 292 g/mol. The third-order valence-electron chi connectivity index (χ3n) is 3.92. The van der Waals surface area contributed by atoms with Crippen LogP contribution in [0, 0.1) is 0 Å². The van der Waals surface area contributed by atoms with E-state index in [0.29, 0.717) is 16.7 Å². The summed E-state index contributed by atoms with van der Waals surface area (Å²) in [4.78, 5) is 11.6. The lowest BCUT2D eigenvalue weighted by molar-refractivity contribution is 0.00578. The highest BCUT2D eigenvalue weighted by Gasteiger charge is 2.51. The third kappa shape index (κ3) is 3.34. The first-order chi connectivity index (χ1) is 9.16. The highest BCUT2D eigenvalue weighted by molar-refractivity contribution is 6.62. The predicted octanol–water partition coefficient (Wildman–Crippen LogP) is 1.78. The number of benzene rings is 1. The molecule has 0 spiro atoms. The quantitative estimate of drug-likeness (QED) is 0.512. The fourth-order valence-corrected chi connectivity index (χ4v) is 2.03. The minimum absolute atomic E-state index is 0. The largest absolute Gasteiger partial charge is 0.494 e. The average molecular weight is 314 g/mol. The van der Waals surface area contributed by atoms with Crippen LogP contribution in [0.5, 0.6) is 0 Å². The van der Waals surface area contributed by atoms with Crippen molar-refractivity contribution in [2.75, 3.05) is 12.8 Å². The van der Waals surface area contributed by atoms with Crippen LogP contribution in [0.15, 0.2) is 18.2 Å². The van der Waals surface area contributed by atoms with Gasteiger partial charge in [-0.25, -0.2) is 4.79 Å². The molecule has 0 atom stereocenters. The Morgan fingerprint density at radius 2 is 1.67 bits per heavy atom. The van der Waals surface area contributed by atoms with Gasteiger partial charge < -0.3 is 19.8 Å². The zero-order chi connectivity index (χ0) is 15.1. The van der Waals surface area contributed by atoms with E-state index in [0.717, 1.165) is 0 Å². The summed E-state index contributed by atoms with van der Waals surface area (Å²) in [5.41, 5.74) is 6.53. The van der Waals surface area contributed by atoms with Crippen LogP contribution in [0.25, 0.3) is 0 Å². The van der Waals surface area contributed by atoms with Gasteiger partial charge in [-0.15, -0.1) is 12.4 Å². The summed E-state index contributed by atoms with van der Waals surface area (Å²) in [6.45, 7) is 7.89. The number of hydrogen-bond donors (Lipinski definition) is 1. The van der Waals surface area contributed by atoms with Crippen molar-refractivity contribution in [2.45, 2.75) is 38.9 Å². The van der Waals surface area contributed by atoms with Gasteiger partial charge >= 0.3 is 13.1 Å². The molecule has 2 rings (SSSR count). The minimum Gasteiger partial charge on any atom is -0.465 e. The molecule has 2 N–H and O–H groups in total. The molecule has 0 radical (unpaired) electrons. The zero-order valence-electron chi connectivity index (χ0n) is 12.9. The van der Waals surface area contributed by atoms with E-state index in [4.69, 9.17) is 19.8 Å². The molecule has 1 aromatic carbocycles. The number of nitrogens with two attached hydrogens (primary N) is 1. The molecule has 1 aromatic rings. The van der Waals surface area contributed by atoms with E-state index in [1.54, 1.807) is 18.2 Å². The molecule has 0 aliphatic carbocycles. The van der Waals surface area contributed by atoms with Crippen LogP contribution in [0.3, 0.4) is 0 Å². The highest BCUT2D eigenvalue weighted by atomic mass is 35.5. The van der Waals surface area contributed by atoms with Crippen molar-refractivity contribution < 1.29 is 18.8 Å². The number of nitrogen functional groups attached to an aromatic ring is 1. The summed E-state index contributed by atoms with van der Waals surface area (Å²) in [7, 11) is 0.784. The maximum Gasteiger partial charge on any atom is 0.494 e. The molecular formula is C14H21BClNO4. The number of carbonyl (C=O) groups is 1. The second kappa shape index (κ2) is 5.87. The van der Waals surface area contributed by atoms with Gasteiger partial charge in [0.15, 0.2) is 0 Å². The second-order valence-corrected chi connectivity index (χ2v) is 5.97. The van der Waals surface area contributed by atoms with E-state index in [-0.39, 0.29) is 12.4 Å². The van der Waals surface area contributed by atoms with E-state index in [1.165, 1.54) is 7.11 Å². The first-order valence-electron chi connectivity index (χ1n) is 6.51. The van der Waals surface area contributed by atoms with E-state index < -0.39 is 24.3 Å². The topological polar surface area (TPSA) is 70.8 Å². The minimum atomic E-state index is -0.549. The third-order valence-corrected chi connectivity index (χ3v) is 3.92. The molecule has 1 fully saturated rings. The predicted molar refractivity (Wildman–Crippen MR) is 85.2 cm³/mol. The number of rotatable bonds is 2. The standard InChI is InChI=1S/C14H20BNO4.ClH/c1-13(2)14(3,4)20-15(19-13)10-6-9(12(17)18-5)7-11(16)8-10;/h6-8H,16H2,1-5H3;1H. The summed E-state index contributed by atoms with van der Waals surface area (Å²) in [5.74, 6) is -0.435. The second-order valence-electron chi connectivity index (χ2n) is 5.97. The average Bonchev–Trinajstić information content (AvgIpc) is 2.57. The smallest absolute Gasteiger partial charge is 0.465 e. The Kier molecular flexibility index (Phi) is 4.98. The number of anilines is 1. The molecule has 1 aliphatic heterocycles. The Morgan fingerprint density at radius 1 is 1.14 bits per heavy atom. The van der Waals surface area contributed by atoms with Crippen LogP contribution in [0.4, 0.5) is 5.69 Å². The first-order valence-corrected chi connectivity index (χ1v) is 6.51. The van der Waals surface area contributed by atoms with Gasteiger partial charge in [-0.3, -0.25) is 0 Å². The van der Waals surface area contributed by atoms with Crippen molar-refractivity contribution in [1.29, 1.82) is 0 Å². The van der Waals surface area contributed by atoms with Crippen molar-refractivity contribution in [3.8, 4) is 0 Å². The van der Waals surface area contributed by atoms with E-state index in [9.17, 15) is 4.79 Å². The number of ether oxygens (including phenoxy) is 1. The fraction of sp³-hybridized carbons (Fsp3) is 0.500. The SMILES string of the molecule is COC(=O)c1cc(N)cc(B2OC(C)(C)C(C)(C)O2)c1.Cl. The van der Waals surface area contributed by atoms with Gasteiger partial charge in [0.25, 0.3) is 0 Å². The van der Waals surface area contributed by atoms with Gasteiger partial charge in [-0.1, -0.05) is 0 Å². The summed E-state index contributed by atoms with van der Waals surface area (Å²) < 4.78 is 16.6. The molecule has 0 aromatic heterocycles. The molecule has 0 unspecified atom stereocenters. The number of halogens is 1. The van der Waals surface area contributed by atoms with Crippen molar-refractivity contribution in [1.82, 2.24) is 0 Å². The lowest BCUT2D eigenvalue weighted by Crippen LogP contribution is -2.41. The Bertz CT molecular complexity index is 532. The maximum atomic E-state index is 11.6. The van der Waals surface area contributed by atoms with Crippen molar-refractivity contribution in [2.24, 2.45) is 0 Å². The highest BCUT2D eigenvalue weighted by Crippen LogP contribution is 2.36.